The number of amides is 1. The molecule has 0 atom stereocenters. The van der Waals surface area contributed by atoms with Gasteiger partial charge in [-0.05, 0) is 42.7 Å². The molecule has 0 bridgehead atoms. The van der Waals surface area contributed by atoms with E-state index in [4.69, 9.17) is 11.6 Å². The van der Waals surface area contributed by atoms with E-state index < -0.39 is 5.41 Å². The Bertz CT molecular complexity index is 867. The highest BCUT2D eigenvalue weighted by molar-refractivity contribution is 6.30. The summed E-state index contributed by atoms with van der Waals surface area (Å²) < 4.78 is 1.68. The van der Waals surface area contributed by atoms with Crippen molar-refractivity contribution in [1.29, 1.82) is 0 Å². The maximum Gasteiger partial charge on any atom is 0.249 e. The second-order valence-electron chi connectivity index (χ2n) is 5.64. The van der Waals surface area contributed by atoms with Gasteiger partial charge in [0.15, 0.2) is 0 Å². The first kappa shape index (κ1) is 13.3. The molecule has 22 heavy (non-hydrogen) atoms. The molecular formula is C17H14ClN3O. The quantitative estimate of drug-likeness (QED) is 0.805. The first-order valence-electron chi connectivity index (χ1n) is 7.19. The van der Waals surface area contributed by atoms with Crippen LogP contribution in [-0.2, 0) is 10.2 Å². The van der Waals surface area contributed by atoms with Crippen molar-refractivity contribution in [3.63, 3.8) is 0 Å². The molecule has 3 aromatic rings. The zero-order valence-electron chi connectivity index (χ0n) is 11.8. The van der Waals surface area contributed by atoms with E-state index in [0.29, 0.717) is 5.02 Å². The molecule has 4 nitrogen and oxygen atoms in total. The van der Waals surface area contributed by atoms with Crippen LogP contribution in [0, 0.1) is 0 Å². The number of nitrogens with one attached hydrogen (secondary N) is 1. The molecule has 1 saturated carbocycles. The fourth-order valence-electron chi connectivity index (χ4n) is 2.82. The Balaban J connectivity index is 1.65. The van der Waals surface area contributed by atoms with Gasteiger partial charge in [-0.2, -0.15) is 0 Å². The van der Waals surface area contributed by atoms with Gasteiger partial charge in [0, 0.05) is 5.02 Å². The number of rotatable bonds is 3. The molecule has 0 aliphatic heterocycles. The third-order valence-electron chi connectivity index (χ3n) is 4.24. The maximum atomic E-state index is 12.7. The van der Waals surface area contributed by atoms with Crippen molar-refractivity contribution < 1.29 is 4.79 Å². The summed E-state index contributed by atoms with van der Waals surface area (Å²) in [5.41, 5.74) is 5.21. The fourth-order valence-corrected chi connectivity index (χ4v) is 3.01. The van der Waals surface area contributed by atoms with Crippen molar-refractivity contribution in [1.82, 2.24) is 9.66 Å². The number of halogens is 1. The van der Waals surface area contributed by atoms with Crippen molar-refractivity contribution in [2.75, 3.05) is 5.43 Å². The number of carbonyl (C=O) groups excluding carboxylic acids is 1. The van der Waals surface area contributed by atoms with E-state index in [1.54, 1.807) is 11.0 Å². The summed E-state index contributed by atoms with van der Waals surface area (Å²) in [5, 5.41) is 0.657. The first-order chi connectivity index (χ1) is 10.7. The SMILES string of the molecule is O=C(Nn1cnc2ccccc21)C1(c2cccc(Cl)c2)CC1. The fraction of sp³-hybridized carbons (Fsp3) is 0.176. The summed E-state index contributed by atoms with van der Waals surface area (Å²) in [6.07, 6.45) is 3.31. The minimum Gasteiger partial charge on any atom is -0.272 e. The van der Waals surface area contributed by atoms with Crippen LogP contribution in [0.15, 0.2) is 54.9 Å². The third kappa shape index (κ3) is 2.07. The molecular weight excluding hydrogens is 298 g/mol. The second kappa shape index (κ2) is 4.85. The Labute approximate surface area is 132 Å². The van der Waals surface area contributed by atoms with E-state index in [-0.39, 0.29) is 5.91 Å². The van der Waals surface area contributed by atoms with E-state index in [9.17, 15) is 4.79 Å². The Morgan fingerprint density at radius 2 is 2.00 bits per heavy atom. The number of para-hydroxylation sites is 2. The predicted molar refractivity (Wildman–Crippen MR) is 86.5 cm³/mol. The summed E-state index contributed by atoms with van der Waals surface area (Å²) in [6.45, 7) is 0. The number of hydrogen-bond acceptors (Lipinski definition) is 2. The molecule has 0 radical (unpaired) electrons. The Kier molecular flexibility index (Phi) is 2.94. The number of fused-ring (bicyclic) bond motifs is 1. The largest absolute Gasteiger partial charge is 0.272 e. The van der Waals surface area contributed by atoms with Crippen LogP contribution in [0.5, 0.6) is 0 Å². The maximum absolute atomic E-state index is 12.7. The molecule has 2 aromatic carbocycles. The van der Waals surface area contributed by atoms with Crippen molar-refractivity contribution in [3.8, 4) is 0 Å². The highest BCUT2D eigenvalue weighted by Gasteiger charge is 2.51. The van der Waals surface area contributed by atoms with E-state index >= 15 is 0 Å². The third-order valence-corrected chi connectivity index (χ3v) is 4.47. The highest BCUT2D eigenvalue weighted by atomic mass is 35.5. The summed E-state index contributed by atoms with van der Waals surface area (Å²) >= 11 is 6.06. The molecule has 1 fully saturated rings. The molecule has 1 aromatic heterocycles. The van der Waals surface area contributed by atoms with E-state index in [0.717, 1.165) is 29.4 Å². The molecule has 1 N–H and O–H groups in total. The van der Waals surface area contributed by atoms with Crippen molar-refractivity contribution in [2.45, 2.75) is 18.3 Å². The highest BCUT2D eigenvalue weighted by Crippen LogP contribution is 2.49. The Hall–Kier alpha value is -2.33. The number of imidazole rings is 1. The summed E-state index contributed by atoms with van der Waals surface area (Å²) in [7, 11) is 0. The molecule has 0 unspecified atom stereocenters. The average molecular weight is 312 g/mol. The molecule has 110 valence electrons. The van der Waals surface area contributed by atoms with Gasteiger partial charge < -0.3 is 0 Å². The minimum atomic E-state index is -0.462. The molecule has 0 saturated heterocycles. The summed E-state index contributed by atoms with van der Waals surface area (Å²) in [4.78, 5) is 17.0. The van der Waals surface area contributed by atoms with Gasteiger partial charge in [-0.25, -0.2) is 9.66 Å². The lowest BCUT2D eigenvalue weighted by Crippen LogP contribution is -2.33. The van der Waals surface area contributed by atoms with Crippen molar-refractivity contribution in [3.05, 3.63) is 65.4 Å². The average Bonchev–Trinajstić information content (AvgIpc) is 3.25. The van der Waals surface area contributed by atoms with E-state index in [2.05, 4.69) is 10.4 Å². The Morgan fingerprint density at radius 1 is 1.18 bits per heavy atom. The van der Waals surface area contributed by atoms with Gasteiger partial charge in [-0.3, -0.25) is 10.2 Å². The molecule has 1 amide bonds. The zero-order valence-corrected chi connectivity index (χ0v) is 12.5. The smallest absolute Gasteiger partial charge is 0.249 e. The van der Waals surface area contributed by atoms with Crippen LogP contribution in [0.2, 0.25) is 5.02 Å². The second-order valence-corrected chi connectivity index (χ2v) is 6.07. The molecule has 5 heteroatoms. The molecule has 1 aliphatic rings. The van der Waals surface area contributed by atoms with E-state index in [1.165, 1.54) is 0 Å². The van der Waals surface area contributed by atoms with Crippen LogP contribution in [0.4, 0.5) is 0 Å². The van der Waals surface area contributed by atoms with Crippen molar-refractivity contribution >= 4 is 28.5 Å². The topological polar surface area (TPSA) is 46.9 Å². The standard InChI is InChI=1S/C17H14ClN3O/c18-13-5-3-4-12(10-13)17(8-9-17)16(22)20-21-11-19-14-6-1-2-7-15(14)21/h1-7,10-11H,8-9H2,(H,20,22). The number of carbonyl (C=O) groups is 1. The van der Waals surface area contributed by atoms with Gasteiger partial charge in [-0.15, -0.1) is 0 Å². The lowest BCUT2D eigenvalue weighted by molar-refractivity contribution is -0.119. The van der Waals surface area contributed by atoms with Gasteiger partial charge in [0.2, 0.25) is 5.91 Å². The number of aromatic nitrogens is 2. The lowest BCUT2D eigenvalue weighted by atomic mass is 9.95. The van der Waals surface area contributed by atoms with Crippen LogP contribution < -0.4 is 5.43 Å². The van der Waals surface area contributed by atoms with Crippen LogP contribution in [0.1, 0.15) is 18.4 Å². The van der Waals surface area contributed by atoms with Crippen LogP contribution in [-0.4, -0.2) is 15.6 Å². The van der Waals surface area contributed by atoms with Gasteiger partial charge in [-0.1, -0.05) is 35.9 Å². The lowest BCUT2D eigenvalue weighted by Gasteiger charge is -2.16. The molecule has 0 spiro atoms. The normalized spacial score (nSPS) is 15.7. The van der Waals surface area contributed by atoms with Gasteiger partial charge >= 0.3 is 0 Å². The summed E-state index contributed by atoms with van der Waals surface area (Å²) in [6, 6.07) is 15.3. The van der Waals surface area contributed by atoms with Gasteiger partial charge in [0.25, 0.3) is 0 Å². The predicted octanol–water partition coefficient (Wildman–Crippen LogP) is 3.49. The van der Waals surface area contributed by atoms with Crippen LogP contribution in [0.25, 0.3) is 11.0 Å². The summed E-state index contributed by atoms with van der Waals surface area (Å²) in [5.74, 6) is -0.0158. The molecule has 4 rings (SSSR count). The monoisotopic (exact) mass is 311 g/mol. The first-order valence-corrected chi connectivity index (χ1v) is 7.56. The number of benzene rings is 2. The number of hydrogen-bond donors (Lipinski definition) is 1. The van der Waals surface area contributed by atoms with Gasteiger partial charge in [0.1, 0.15) is 6.33 Å². The molecule has 1 aliphatic carbocycles. The zero-order chi connectivity index (χ0) is 15.2. The van der Waals surface area contributed by atoms with E-state index in [1.807, 2.05) is 48.5 Å². The van der Waals surface area contributed by atoms with Crippen molar-refractivity contribution in [2.24, 2.45) is 0 Å². The number of nitrogens with zero attached hydrogens (tertiary/aromatic N) is 2. The van der Waals surface area contributed by atoms with Crippen LogP contribution in [0.3, 0.4) is 0 Å². The Morgan fingerprint density at radius 3 is 2.77 bits per heavy atom. The molecule has 1 heterocycles. The van der Waals surface area contributed by atoms with Crippen LogP contribution >= 0.6 is 11.6 Å². The minimum absolute atomic E-state index is 0.0158. The van der Waals surface area contributed by atoms with Gasteiger partial charge in [0.05, 0.1) is 16.4 Å².